The van der Waals surface area contributed by atoms with Crippen molar-refractivity contribution in [3.05, 3.63) is 0 Å². The van der Waals surface area contributed by atoms with E-state index in [0.29, 0.717) is 12.5 Å². The van der Waals surface area contributed by atoms with Crippen LogP contribution in [0.15, 0.2) is 0 Å². The molecule has 1 rings (SSSR count). The van der Waals surface area contributed by atoms with Gasteiger partial charge in [-0.3, -0.25) is 4.79 Å². The Labute approximate surface area is 79.3 Å². The van der Waals surface area contributed by atoms with Crippen LogP contribution in [0.3, 0.4) is 0 Å². The van der Waals surface area contributed by atoms with E-state index in [9.17, 15) is 4.79 Å². The number of carbonyl (C=O) groups is 1. The van der Waals surface area contributed by atoms with Crippen LogP contribution in [-0.2, 0) is 9.53 Å². The smallest absolute Gasteiger partial charge is 0.323 e. The van der Waals surface area contributed by atoms with Gasteiger partial charge >= 0.3 is 5.97 Å². The van der Waals surface area contributed by atoms with Gasteiger partial charge in [-0.25, -0.2) is 0 Å². The van der Waals surface area contributed by atoms with E-state index < -0.39 is 0 Å². The van der Waals surface area contributed by atoms with Gasteiger partial charge < -0.3 is 10.1 Å². The molecule has 1 saturated heterocycles. The van der Waals surface area contributed by atoms with Gasteiger partial charge in [0.05, 0.1) is 6.61 Å². The standard InChI is InChI=1S/C8H15NO2.ClH/c1-3-11-8(10)7-4-6(2)5-9-7;/h6-7,9H,3-5H2,1-2H3;1H. The van der Waals surface area contributed by atoms with Gasteiger partial charge in [0.2, 0.25) is 0 Å². The minimum atomic E-state index is -0.100. The van der Waals surface area contributed by atoms with Crippen molar-refractivity contribution >= 4 is 18.4 Å². The second-order valence-electron chi connectivity index (χ2n) is 3.05. The molecule has 12 heavy (non-hydrogen) atoms. The summed E-state index contributed by atoms with van der Waals surface area (Å²) in [4.78, 5) is 11.1. The fraction of sp³-hybridized carbons (Fsp3) is 0.875. The highest BCUT2D eigenvalue weighted by molar-refractivity contribution is 5.85. The molecule has 0 radical (unpaired) electrons. The van der Waals surface area contributed by atoms with Crippen LogP contribution in [0.2, 0.25) is 0 Å². The Morgan fingerprint density at radius 1 is 1.67 bits per heavy atom. The highest BCUT2D eigenvalue weighted by Gasteiger charge is 2.27. The van der Waals surface area contributed by atoms with Gasteiger partial charge in [0, 0.05) is 0 Å². The number of carbonyl (C=O) groups excluding carboxylic acids is 1. The van der Waals surface area contributed by atoms with Gasteiger partial charge in [0.25, 0.3) is 0 Å². The summed E-state index contributed by atoms with van der Waals surface area (Å²) in [5, 5.41) is 3.12. The van der Waals surface area contributed by atoms with E-state index in [1.54, 1.807) is 0 Å². The molecular formula is C8H16ClNO2. The van der Waals surface area contributed by atoms with Crippen molar-refractivity contribution < 1.29 is 9.53 Å². The number of halogens is 1. The number of rotatable bonds is 2. The van der Waals surface area contributed by atoms with Crippen LogP contribution in [0.25, 0.3) is 0 Å². The quantitative estimate of drug-likeness (QED) is 0.665. The molecule has 1 fully saturated rings. The Hall–Kier alpha value is -0.280. The average Bonchev–Trinajstić information content (AvgIpc) is 2.36. The first kappa shape index (κ1) is 11.7. The summed E-state index contributed by atoms with van der Waals surface area (Å²) in [5.41, 5.74) is 0. The molecule has 0 saturated carbocycles. The number of ether oxygens (including phenoxy) is 1. The molecule has 0 aromatic rings. The van der Waals surface area contributed by atoms with E-state index in [1.807, 2.05) is 6.92 Å². The summed E-state index contributed by atoms with van der Waals surface area (Å²) < 4.78 is 4.87. The minimum Gasteiger partial charge on any atom is -0.465 e. The Morgan fingerprint density at radius 3 is 2.75 bits per heavy atom. The van der Waals surface area contributed by atoms with E-state index in [4.69, 9.17) is 4.74 Å². The normalized spacial score (nSPS) is 27.8. The van der Waals surface area contributed by atoms with E-state index in [1.165, 1.54) is 0 Å². The lowest BCUT2D eigenvalue weighted by Crippen LogP contribution is -2.32. The van der Waals surface area contributed by atoms with E-state index >= 15 is 0 Å². The second kappa shape index (κ2) is 5.38. The summed E-state index contributed by atoms with van der Waals surface area (Å²) in [6.45, 7) is 5.37. The van der Waals surface area contributed by atoms with Crippen LogP contribution in [0.5, 0.6) is 0 Å². The zero-order chi connectivity index (χ0) is 8.27. The molecule has 4 heteroatoms. The van der Waals surface area contributed by atoms with Crippen LogP contribution >= 0.6 is 12.4 Å². The summed E-state index contributed by atoms with van der Waals surface area (Å²) in [7, 11) is 0. The SMILES string of the molecule is CCOC(=O)C1CC(C)CN1.Cl. The van der Waals surface area contributed by atoms with E-state index in [2.05, 4.69) is 12.2 Å². The predicted molar refractivity (Wildman–Crippen MR) is 49.5 cm³/mol. The van der Waals surface area contributed by atoms with Crippen molar-refractivity contribution in [1.29, 1.82) is 0 Å². The largest absolute Gasteiger partial charge is 0.465 e. The first-order valence-corrected chi connectivity index (χ1v) is 4.14. The van der Waals surface area contributed by atoms with Crippen molar-refractivity contribution in [2.45, 2.75) is 26.3 Å². The molecule has 1 aliphatic heterocycles. The summed E-state index contributed by atoms with van der Waals surface area (Å²) in [6, 6.07) is -0.0510. The fourth-order valence-electron chi connectivity index (χ4n) is 1.33. The van der Waals surface area contributed by atoms with Crippen molar-refractivity contribution in [3.63, 3.8) is 0 Å². The van der Waals surface area contributed by atoms with Gasteiger partial charge in [-0.2, -0.15) is 0 Å². The van der Waals surface area contributed by atoms with Gasteiger partial charge in [0.15, 0.2) is 0 Å². The van der Waals surface area contributed by atoms with E-state index in [-0.39, 0.29) is 24.4 Å². The minimum absolute atomic E-state index is 0. The fourth-order valence-corrected chi connectivity index (χ4v) is 1.33. The molecule has 2 atom stereocenters. The molecule has 0 amide bonds. The van der Waals surface area contributed by atoms with Gasteiger partial charge in [-0.1, -0.05) is 6.92 Å². The van der Waals surface area contributed by atoms with E-state index in [0.717, 1.165) is 13.0 Å². The second-order valence-corrected chi connectivity index (χ2v) is 3.05. The zero-order valence-electron chi connectivity index (χ0n) is 7.50. The molecule has 0 aliphatic carbocycles. The highest BCUT2D eigenvalue weighted by atomic mass is 35.5. The maximum absolute atomic E-state index is 11.1. The lowest BCUT2D eigenvalue weighted by atomic mass is 10.1. The van der Waals surface area contributed by atoms with Gasteiger partial charge in [0.1, 0.15) is 6.04 Å². The molecular weight excluding hydrogens is 178 g/mol. The number of esters is 1. The molecule has 1 N–H and O–H groups in total. The molecule has 0 bridgehead atoms. The van der Waals surface area contributed by atoms with Crippen molar-refractivity contribution in [1.82, 2.24) is 5.32 Å². The zero-order valence-corrected chi connectivity index (χ0v) is 8.32. The Morgan fingerprint density at radius 2 is 2.33 bits per heavy atom. The van der Waals surface area contributed by atoms with Crippen LogP contribution in [0, 0.1) is 5.92 Å². The Bertz CT molecular complexity index is 152. The highest BCUT2D eigenvalue weighted by Crippen LogP contribution is 2.13. The first-order chi connectivity index (χ1) is 5.24. The molecule has 0 aromatic carbocycles. The molecule has 1 aliphatic rings. The predicted octanol–water partition coefficient (Wildman–Crippen LogP) is 0.969. The van der Waals surface area contributed by atoms with Gasteiger partial charge in [-0.05, 0) is 25.8 Å². The topological polar surface area (TPSA) is 38.3 Å². The summed E-state index contributed by atoms with van der Waals surface area (Å²) in [6.07, 6.45) is 0.916. The number of hydrogen-bond acceptors (Lipinski definition) is 3. The van der Waals surface area contributed by atoms with Crippen LogP contribution < -0.4 is 5.32 Å². The number of hydrogen-bond donors (Lipinski definition) is 1. The summed E-state index contributed by atoms with van der Waals surface area (Å²) in [5.74, 6) is 0.501. The van der Waals surface area contributed by atoms with Crippen LogP contribution in [-0.4, -0.2) is 25.2 Å². The Balaban J connectivity index is 0.00000121. The maximum atomic E-state index is 11.1. The third-order valence-electron chi connectivity index (χ3n) is 1.92. The van der Waals surface area contributed by atoms with Crippen LogP contribution in [0.4, 0.5) is 0 Å². The average molecular weight is 194 g/mol. The Kier molecular flexibility index (Phi) is 5.25. The lowest BCUT2D eigenvalue weighted by Gasteiger charge is -2.07. The first-order valence-electron chi connectivity index (χ1n) is 4.14. The monoisotopic (exact) mass is 193 g/mol. The third kappa shape index (κ3) is 2.99. The maximum Gasteiger partial charge on any atom is 0.323 e. The van der Waals surface area contributed by atoms with Crippen molar-refractivity contribution in [2.24, 2.45) is 5.92 Å². The molecule has 0 spiro atoms. The molecule has 72 valence electrons. The number of nitrogens with one attached hydrogen (secondary N) is 1. The summed E-state index contributed by atoms with van der Waals surface area (Å²) >= 11 is 0. The van der Waals surface area contributed by atoms with Crippen molar-refractivity contribution in [3.8, 4) is 0 Å². The van der Waals surface area contributed by atoms with Crippen LogP contribution in [0.1, 0.15) is 20.3 Å². The molecule has 0 aromatic heterocycles. The van der Waals surface area contributed by atoms with Crippen molar-refractivity contribution in [2.75, 3.05) is 13.2 Å². The molecule has 2 unspecified atom stereocenters. The lowest BCUT2D eigenvalue weighted by molar-refractivity contribution is -0.145. The molecule has 1 heterocycles. The molecule has 3 nitrogen and oxygen atoms in total. The third-order valence-corrected chi connectivity index (χ3v) is 1.92. The van der Waals surface area contributed by atoms with Gasteiger partial charge in [-0.15, -0.1) is 12.4 Å².